The number of benzene rings is 1. The van der Waals surface area contributed by atoms with Crippen molar-refractivity contribution in [1.82, 2.24) is 19.7 Å². The van der Waals surface area contributed by atoms with Crippen LogP contribution in [0.3, 0.4) is 0 Å². The normalized spacial score (nSPS) is 14.6. The van der Waals surface area contributed by atoms with Gasteiger partial charge in [-0.2, -0.15) is 5.10 Å². The first-order valence-corrected chi connectivity index (χ1v) is 8.29. The average Bonchev–Trinajstić information content (AvgIpc) is 3.23. The van der Waals surface area contributed by atoms with Crippen molar-refractivity contribution in [1.29, 1.82) is 0 Å². The van der Waals surface area contributed by atoms with E-state index >= 15 is 0 Å². The first-order valence-electron chi connectivity index (χ1n) is 8.29. The maximum Gasteiger partial charge on any atom is 0.158 e. The molecule has 1 saturated heterocycles. The molecule has 0 radical (unpaired) electrons. The van der Waals surface area contributed by atoms with Gasteiger partial charge in [-0.25, -0.2) is 14.6 Å². The number of methoxy groups -OCH3 is 1. The number of hydrogen-bond acceptors (Lipinski definition) is 6. The predicted molar refractivity (Wildman–Crippen MR) is 96.6 cm³/mol. The molecular formula is C18H20N6O. The van der Waals surface area contributed by atoms with Gasteiger partial charge in [0, 0.05) is 56.4 Å². The maximum absolute atomic E-state index is 5.32. The zero-order chi connectivity index (χ0) is 17.1. The SMILES string of the molecule is COc1cccc(N2CCN(c3cc(-n4cccn4)ncn3)CC2)c1. The summed E-state index contributed by atoms with van der Waals surface area (Å²) in [7, 11) is 1.70. The van der Waals surface area contributed by atoms with Crippen LogP contribution in [0.5, 0.6) is 5.75 Å². The molecule has 2 aromatic heterocycles. The molecule has 1 aliphatic heterocycles. The third kappa shape index (κ3) is 3.26. The molecule has 25 heavy (non-hydrogen) atoms. The highest BCUT2D eigenvalue weighted by molar-refractivity contribution is 5.53. The number of aromatic nitrogens is 4. The zero-order valence-electron chi connectivity index (χ0n) is 14.1. The van der Waals surface area contributed by atoms with Crippen molar-refractivity contribution in [2.24, 2.45) is 0 Å². The van der Waals surface area contributed by atoms with Gasteiger partial charge < -0.3 is 14.5 Å². The quantitative estimate of drug-likeness (QED) is 0.726. The molecule has 0 amide bonds. The summed E-state index contributed by atoms with van der Waals surface area (Å²) in [6.07, 6.45) is 5.22. The minimum atomic E-state index is 0.783. The van der Waals surface area contributed by atoms with Crippen molar-refractivity contribution >= 4 is 11.5 Å². The lowest BCUT2D eigenvalue weighted by Crippen LogP contribution is -2.46. The van der Waals surface area contributed by atoms with Crippen molar-refractivity contribution in [3.8, 4) is 11.6 Å². The van der Waals surface area contributed by atoms with Gasteiger partial charge in [-0.15, -0.1) is 0 Å². The van der Waals surface area contributed by atoms with Crippen LogP contribution >= 0.6 is 0 Å². The number of ether oxygens (including phenoxy) is 1. The molecule has 0 unspecified atom stereocenters. The molecule has 0 bridgehead atoms. The molecule has 0 atom stereocenters. The van der Waals surface area contributed by atoms with Crippen LogP contribution in [0.15, 0.2) is 55.1 Å². The minimum absolute atomic E-state index is 0.783. The monoisotopic (exact) mass is 336 g/mol. The molecule has 0 spiro atoms. The Bertz CT molecular complexity index is 827. The molecule has 7 heteroatoms. The zero-order valence-corrected chi connectivity index (χ0v) is 14.1. The van der Waals surface area contributed by atoms with Gasteiger partial charge in [0.25, 0.3) is 0 Å². The van der Waals surface area contributed by atoms with Crippen LogP contribution in [0.2, 0.25) is 0 Å². The van der Waals surface area contributed by atoms with E-state index in [0.717, 1.165) is 43.6 Å². The van der Waals surface area contributed by atoms with E-state index in [0.29, 0.717) is 0 Å². The Kier molecular flexibility index (Phi) is 4.20. The Morgan fingerprint density at radius 1 is 0.920 bits per heavy atom. The Labute approximate surface area is 146 Å². The minimum Gasteiger partial charge on any atom is -0.497 e. The summed E-state index contributed by atoms with van der Waals surface area (Å²) < 4.78 is 7.07. The fourth-order valence-electron chi connectivity index (χ4n) is 3.04. The van der Waals surface area contributed by atoms with Crippen LogP contribution in [0.1, 0.15) is 0 Å². The average molecular weight is 336 g/mol. The Morgan fingerprint density at radius 2 is 1.72 bits per heavy atom. The highest BCUT2D eigenvalue weighted by Crippen LogP contribution is 2.23. The van der Waals surface area contributed by atoms with Gasteiger partial charge in [-0.05, 0) is 18.2 Å². The molecule has 4 rings (SSSR count). The number of piperazine rings is 1. The number of anilines is 2. The van der Waals surface area contributed by atoms with E-state index in [-0.39, 0.29) is 0 Å². The van der Waals surface area contributed by atoms with Gasteiger partial charge in [0.15, 0.2) is 5.82 Å². The topological polar surface area (TPSA) is 59.3 Å². The van der Waals surface area contributed by atoms with Crippen molar-refractivity contribution in [2.75, 3.05) is 43.1 Å². The van der Waals surface area contributed by atoms with Gasteiger partial charge in [-0.1, -0.05) is 6.07 Å². The lowest BCUT2D eigenvalue weighted by Gasteiger charge is -2.36. The third-order valence-electron chi connectivity index (χ3n) is 4.40. The van der Waals surface area contributed by atoms with Crippen LogP contribution in [0, 0.1) is 0 Å². The van der Waals surface area contributed by atoms with Crippen molar-refractivity contribution in [3.05, 3.63) is 55.1 Å². The molecule has 128 valence electrons. The van der Waals surface area contributed by atoms with Crippen molar-refractivity contribution < 1.29 is 4.74 Å². The fraction of sp³-hybridized carbons (Fsp3) is 0.278. The lowest BCUT2D eigenvalue weighted by molar-refractivity contribution is 0.414. The van der Waals surface area contributed by atoms with E-state index in [2.05, 4.69) is 37.0 Å². The summed E-state index contributed by atoms with van der Waals surface area (Å²) in [5, 5.41) is 4.23. The van der Waals surface area contributed by atoms with E-state index in [4.69, 9.17) is 4.74 Å². The molecular weight excluding hydrogens is 316 g/mol. The van der Waals surface area contributed by atoms with E-state index in [1.54, 1.807) is 24.3 Å². The van der Waals surface area contributed by atoms with Crippen LogP contribution in [-0.2, 0) is 0 Å². The molecule has 0 saturated carbocycles. The molecule has 3 aromatic rings. The molecule has 3 heterocycles. The highest BCUT2D eigenvalue weighted by Gasteiger charge is 2.19. The van der Waals surface area contributed by atoms with Gasteiger partial charge >= 0.3 is 0 Å². The van der Waals surface area contributed by atoms with Crippen LogP contribution in [0.4, 0.5) is 11.5 Å². The highest BCUT2D eigenvalue weighted by atomic mass is 16.5. The standard InChI is InChI=1S/C18H20N6O/c1-25-16-5-2-4-15(12-16)22-8-10-23(11-9-22)17-13-18(20-14-19-17)24-7-3-6-21-24/h2-7,12-14H,8-11H2,1H3. The summed E-state index contributed by atoms with van der Waals surface area (Å²) >= 11 is 0. The van der Waals surface area contributed by atoms with E-state index in [1.807, 2.05) is 30.5 Å². The second-order valence-corrected chi connectivity index (χ2v) is 5.86. The first-order chi connectivity index (χ1) is 12.3. The molecule has 1 aliphatic rings. The maximum atomic E-state index is 5.32. The summed E-state index contributed by atoms with van der Waals surface area (Å²) in [5.41, 5.74) is 1.19. The molecule has 0 N–H and O–H groups in total. The smallest absolute Gasteiger partial charge is 0.158 e. The third-order valence-corrected chi connectivity index (χ3v) is 4.40. The second kappa shape index (κ2) is 6.80. The van der Waals surface area contributed by atoms with Crippen LogP contribution < -0.4 is 14.5 Å². The predicted octanol–water partition coefficient (Wildman–Crippen LogP) is 2.00. The number of rotatable bonds is 4. The summed E-state index contributed by atoms with van der Waals surface area (Å²) in [5.74, 6) is 2.61. The molecule has 0 aliphatic carbocycles. The Morgan fingerprint density at radius 3 is 2.48 bits per heavy atom. The van der Waals surface area contributed by atoms with Crippen molar-refractivity contribution in [3.63, 3.8) is 0 Å². The van der Waals surface area contributed by atoms with Gasteiger partial charge in [0.2, 0.25) is 0 Å². The van der Waals surface area contributed by atoms with Gasteiger partial charge in [0.05, 0.1) is 7.11 Å². The van der Waals surface area contributed by atoms with E-state index < -0.39 is 0 Å². The van der Waals surface area contributed by atoms with Crippen LogP contribution in [-0.4, -0.2) is 53.0 Å². The van der Waals surface area contributed by atoms with Crippen molar-refractivity contribution in [2.45, 2.75) is 0 Å². The molecule has 7 nitrogen and oxygen atoms in total. The van der Waals surface area contributed by atoms with Crippen LogP contribution in [0.25, 0.3) is 5.82 Å². The molecule has 1 aromatic carbocycles. The molecule has 1 fully saturated rings. The largest absolute Gasteiger partial charge is 0.497 e. The van der Waals surface area contributed by atoms with Gasteiger partial charge in [-0.3, -0.25) is 0 Å². The van der Waals surface area contributed by atoms with E-state index in [1.165, 1.54) is 5.69 Å². The number of nitrogens with zero attached hydrogens (tertiary/aromatic N) is 6. The fourth-order valence-corrected chi connectivity index (χ4v) is 3.04. The summed E-state index contributed by atoms with van der Waals surface area (Å²) in [6.45, 7) is 3.70. The van der Waals surface area contributed by atoms with E-state index in [9.17, 15) is 0 Å². The lowest BCUT2D eigenvalue weighted by atomic mass is 10.2. The summed E-state index contributed by atoms with van der Waals surface area (Å²) in [6, 6.07) is 12.1. The Hall–Kier alpha value is -3.09. The van der Waals surface area contributed by atoms with Gasteiger partial charge in [0.1, 0.15) is 17.9 Å². The second-order valence-electron chi connectivity index (χ2n) is 5.86. The first kappa shape index (κ1) is 15.4. The summed E-state index contributed by atoms with van der Waals surface area (Å²) in [4.78, 5) is 13.4. The Balaban J connectivity index is 1.46. The number of hydrogen-bond donors (Lipinski definition) is 0.